The molecule has 1 heterocycles. The molecule has 0 radical (unpaired) electrons. The van der Waals surface area contributed by atoms with Crippen molar-refractivity contribution in [2.24, 2.45) is 0 Å². The zero-order chi connectivity index (χ0) is 18.0. The SMILES string of the molecule is Cc1c(C(=O)O[C@@H](C(=O)N(C)C)c2ccccc2)sc2ccccc12. The van der Waals surface area contributed by atoms with Gasteiger partial charge in [0.15, 0.2) is 0 Å². The van der Waals surface area contributed by atoms with Crippen molar-refractivity contribution >= 4 is 33.3 Å². The van der Waals surface area contributed by atoms with Gasteiger partial charge in [-0.3, -0.25) is 4.79 Å². The molecule has 0 aliphatic rings. The van der Waals surface area contributed by atoms with E-state index < -0.39 is 12.1 Å². The van der Waals surface area contributed by atoms with Crippen LogP contribution in [0, 0.1) is 6.92 Å². The van der Waals surface area contributed by atoms with Gasteiger partial charge in [-0.15, -0.1) is 11.3 Å². The second kappa shape index (κ2) is 7.07. The van der Waals surface area contributed by atoms with Gasteiger partial charge in [-0.1, -0.05) is 48.5 Å². The predicted octanol–water partition coefficient (Wildman–Crippen LogP) is 4.20. The van der Waals surface area contributed by atoms with Crippen LogP contribution in [0.1, 0.15) is 26.9 Å². The summed E-state index contributed by atoms with van der Waals surface area (Å²) < 4.78 is 6.67. The van der Waals surface area contributed by atoms with Gasteiger partial charge in [0.05, 0.1) is 0 Å². The highest BCUT2D eigenvalue weighted by Gasteiger charge is 2.28. The summed E-state index contributed by atoms with van der Waals surface area (Å²) in [6.45, 7) is 1.90. The number of benzene rings is 2. The molecule has 0 bridgehead atoms. The van der Waals surface area contributed by atoms with E-state index in [9.17, 15) is 9.59 Å². The van der Waals surface area contributed by atoms with Gasteiger partial charge >= 0.3 is 5.97 Å². The van der Waals surface area contributed by atoms with E-state index >= 15 is 0 Å². The molecular formula is C20H19NO3S. The molecule has 0 spiro atoms. The third-order valence-corrected chi connectivity index (χ3v) is 5.27. The molecule has 3 aromatic rings. The maximum absolute atomic E-state index is 12.8. The second-order valence-electron chi connectivity index (χ2n) is 5.98. The van der Waals surface area contributed by atoms with E-state index in [1.807, 2.05) is 49.4 Å². The van der Waals surface area contributed by atoms with Gasteiger partial charge in [0.25, 0.3) is 5.91 Å². The number of amides is 1. The van der Waals surface area contributed by atoms with E-state index in [0.717, 1.165) is 15.6 Å². The molecule has 128 valence electrons. The summed E-state index contributed by atoms with van der Waals surface area (Å²) in [7, 11) is 3.30. The Hall–Kier alpha value is -2.66. The number of hydrogen-bond donors (Lipinski definition) is 0. The summed E-state index contributed by atoms with van der Waals surface area (Å²) in [5.41, 5.74) is 1.54. The first-order valence-corrected chi connectivity index (χ1v) is 8.76. The number of rotatable bonds is 4. The summed E-state index contributed by atoms with van der Waals surface area (Å²) in [6, 6.07) is 16.9. The van der Waals surface area contributed by atoms with Gasteiger partial charge in [0, 0.05) is 24.4 Å². The van der Waals surface area contributed by atoms with Gasteiger partial charge in [0.1, 0.15) is 4.88 Å². The molecule has 2 aromatic carbocycles. The van der Waals surface area contributed by atoms with Crippen molar-refractivity contribution in [2.45, 2.75) is 13.0 Å². The number of likely N-dealkylation sites (N-methyl/N-ethyl adjacent to an activating group) is 1. The van der Waals surface area contributed by atoms with Crippen molar-refractivity contribution in [3.05, 3.63) is 70.6 Å². The zero-order valence-corrected chi connectivity index (χ0v) is 15.2. The minimum Gasteiger partial charge on any atom is -0.443 e. The highest BCUT2D eigenvalue weighted by Crippen LogP contribution is 2.32. The van der Waals surface area contributed by atoms with Crippen LogP contribution >= 0.6 is 11.3 Å². The van der Waals surface area contributed by atoms with Crippen LogP contribution in [0.3, 0.4) is 0 Å². The number of esters is 1. The number of fused-ring (bicyclic) bond motifs is 1. The summed E-state index contributed by atoms with van der Waals surface area (Å²) in [5, 5.41) is 1.04. The highest BCUT2D eigenvalue weighted by atomic mass is 32.1. The van der Waals surface area contributed by atoms with Gasteiger partial charge in [-0.2, -0.15) is 0 Å². The number of thiophene rings is 1. The smallest absolute Gasteiger partial charge is 0.349 e. The van der Waals surface area contributed by atoms with Crippen LogP contribution in [0.25, 0.3) is 10.1 Å². The number of aryl methyl sites for hydroxylation is 1. The minimum absolute atomic E-state index is 0.265. The van der Waals surface area contributed by atoms with Gasteiger partial charge < -0.3 is 9.64 Å². The minimum atomic E-state index is -0.951. The van der Waals surface area contributed by atoms with E-state index in [1.54, 1.807) is 26.2 Å². The van der Waals surface area contributed by atoms with Crippen LogP contribution in [0.15, 0.2) is 54.6 Å². The van der Waals surface area contributed by atoms with Crippen molar-refractivity contribution in [1.29, 1.82) is 0 Å². The quantitative estimate of drug-likeness (QED) is 0.661. The molecule has 0 aliphatic carbocycles. The molecule has 0 saturated heterocycles. The molecule has 0 saturated carbocycles. The first-order chi connectivity index (χ1) is 12.0. The molecule has 3 rings (SSSR count). The average Bonchev–Trinajstić information content (AvgIpc) is 2.97. The maximum Gasteiger partial charge on any atom is 0.349 e. The number of nitrogens with zero attached hydrogens (tertiary/aromatic N) is 1. The fourth-order valence-electron chi connectivity index (χ4n) is 2.65. The molecule has 1 aromatic heterocycles. The fourth-order valence-corrected chi connectivity index (χ4v) is 3.75. The standard InChI is InChI=1S/C20H19NO3S/c1-13-15-11-7-8-12-16(15)25-18(13)20(23)24-17(19(22)21(2)3)14-9-5-4-6-10-14/h4-12,17H,1-3H3/t17-/m1/s1. The van der Waals surface area contributed by atoms with Crippen LogP contribution in [-0.4, -0.2) is 30.9 Å². The molecule has 5 heteroatoms. The first-order valence-electron chi connectivity index (χ1n) is 7.94. The van der Waals surface area contributed by atoms with E-state index in [2.05, 4.69) is 0 Å². The summed E-state index contributed by atoms with van der Waals surface area (Å²) in [4.78, 5) is 27.3. The van der Waals surface area contributed by atoms with Gasteiger partial charge in [-0.25, -0.2) is 4.79 Å². The zero-order valence-electron chi connectivity index (χ0n) is 14.4. The van der Waals surface area contributed by atoms with Crippen molar-refractivity contribution in [2.75, 3.05) is 14.1 Å². The van der Waals surface area contributed by atoms with Crippen molar-refractivity contribution in [3.8, 4) is 0 Å². The van der Waals surface area contributed by atoms with Crippen LogP contribution in [0.4, 0.5) is 0 Å². The lowest BCUT2D eigenvalue weighted by Gasteiger charge is -2.21. The van der Waals surface area contributed by atoms with Crippen molar-refractivity contribution in [3.63, 3.8) is 0 Å². The lowest BCUT2D eigenvalue weighted by atomic mass is 10.1. The normalized spacial score (nSPS) is 12.0. The number of carbonyl (C=O) groups excluding carboxylic acids is 2. The van der Waals surface area contributed by atoms with Crippen LogP contribution in [0.2, 0.25) is 0 Å². The van der Waals surface area contributed by atoms with Crippen molar-refractivity contribution in [1.82, 2.24) is 4.90 Å². The maximum atomic E-state index is 12.8. The second-order valence-corrected chi connectivity index (χ2v) is 7.03. The Bertz CT molecular complexity index is 915. The number of ether oxygens (including phenoxy) is 1. The van der Waals surface area contributed by atoms with Crippen LogP contribution in [-0.2, 0) is 9.53 Å². The molecule has 0 aliphatic heterocycles. The number of hydrogen-bond acceptors (Lipinski definition) is 4. The highest BCUT2D eigenvalue weighted by molar-refractivity contribution is 7.21. The molecule has 0 unspecified atom stereocenters. The monoisotopic (exact) mass is 353 g/mol. The molecule has 4 nitrogen and oxygen atoms in total. The Morgan fingerprint density at radius 3 is 2.28 bits per heavy atom. The molecule has 0 fully saturated rings. The Morgan fingerprint density at radius 1 is 1.00 bits per heavy atom. The molecule has 1 amide bonds. The Balaban J connectivity index is 1.94. The van der Waals surface area contributed by atoms with Gasteiger partial charge in [-0.05, 0) is 23.9 Å². The summed E-state index contributed by atoms with van der Waals surface area (Å²) >= 11 is 1.39. The molecule has 0 N–H and O–H groups in total. The predicted molar refractivity (Wildman–Crippen MR) is 99.9 cm³/mol. The number of carbonyl (C=O) groups is 2. The van der Waals surface area contributed by atoms with E-state index in [4.69, 9.17) is 4.74 Å². The van der Waals surface area contributed by atoms with E-state index in [0.29, 0.717) is 10.4 Å². The third kappa shape index (κ3) is 3.42. The first kappa shape index (κ1) is 17.2. The largest absolute Gasteiger partial charge is 0.443 e. The topological polar surface area (TPSA) is 46.6 Å². The molecular weight excluding hydrogens is 334 g/mol. The average molecular weight is 353 g/mol. The summed E-state index contributed by atoms with van der Waals surface area (Å²) in [6.07, 6.45) is -0.951. The van der Waals surface area contributed by atoms with Gasteiger partial charge in [0.2, 0.25) is 6.10 Å². The van der Waals surface area contributed by atoms with E-state index in [-0.39, 0.29) is 5.91 Å². The summed E-state index contributed by atoms with van der Waals surface area (Å²) in [5.74, 6) is -0.735. The fraction of sp³-hybridized carbons (Fsp3) is 0.200. The Kier molecular flexibility index (Phi) is 4.86. The Morgan fingerprint density at radius 2 is 1.64 bits per heavy atom. The van der Waals surface area contributed by atoms with Crippen LogP contribution in [0.5, 0.6) is 0 Å². The Labute approximate surface area is 150 Å². The lowest BCUT2D eigenvalue weighted by molar-refractivity contribution is -0.138. The lowest BCUT2D eigenvalue weighted by Crippen LogP contribution is -2.31. The van der Waals surface area contributed by atoms with E-state index in [1.165, 1.54) is 16.2 Å². The van der Waals surface area contributed by atoms with Crippen molar-refractivity contribution < 1.29 is 14.3 Å². The third-order valence-electron chi connectivity index (χ3n) is 4.02. The molecule has 25 heavy (non-hydrogen) atoms. The van der Waals surface area contributed by atoms with Crippen LogP contribution < -0.4 is 0 Å². The molecule has 1 atom stereocenters.